The van der Waals surface area contributed by atoms with Crippen molar-refractivity contribution in [3.8, 4) is 16.9 Å². The van der Waals surface area contributed by atoms with Crippen LogP contribution in [0.3, 0.4) is 0 Å². The number of amides is 3. The number of nitrogens with zero attached hydrogens (tertiary/aromatic N) is 1. The summed E-state index contributed by atoms with van der Waals surface area (Å²) >= 11 is 0. The number of hydrogen-bond acceptors (Lipinski definition) is 5. The first-order chi connectivity index (χ1) is 17.2. The third-order valence-electron chi connectivity index (χ3n) is 5.60. The van der Waals surface area contributed by atoms with E-state index in [0.29, 0.717) is 28.0 Å². The van der Waals surface area contributed by atoms with E-state index >= 15 is 0 Å². The van der Waals surface area contributed by atoms with Crippen LogP contribution in [0.25, 0.3) is 11.1 Å². The quantitative estimate of drug-likeness (QED) is 0.480. The van der Waals surface area contributed by atoms with Crippen LogP contribution < -0.4 is 15.4 Å². The van der Waals surface area contributed by atoms with Crippen LogP contribution in [0.4, 0.5) is 18.0 Å². The maximum absolute atomic E-state index is 12.7. The van der Waals surface area contributed by atoms with Crippen molar-refractivity contribution in [2.75, 3.05) is 7.05 Å². The first kappa shape index (κ1) is 27.2. The number of halogens is 3. The smallest absolute Gasteiger partial charge is 0.481 e. The van der Waals surface area contributed by atoms with Gasteiger partial charge in [-0.05, 0) is 48.7 Å². The molecule has 2 unspecified atom stereocenters. The molecule has 0 spiro atoms. The lowest BCUT2D eigenvalue weighted by Gasteiger charge is -2.28. The molecule has 1 aliphatic rings. The third kappa shape index (κ3) is 7.09. The van der Waals surface area contributed by atoms with Gasteiger partial charge in [0.05, 0.1) is 12.5 Å². The monoisotopic (exact) mass is 519 g/mol. The SMILES string of the molecule is CC1=CC(=O)C(NC(=O)NC(CC(=O)O)c2cc(C)cc(-c3cccc(OC(F)(F)F)c3)c2)C(=O)N1C. The first-order valence-corrected chi connectivity index (χ1v) is 11.0. The van der Waals surface area contributed by atoms with Crippen molar-refractivity contribution in [3.05, 3.63) is 65.4 Å². The predicted molar refractivity (Wildman–Crippen MR) is 125 cm³/mol. The molecule has 2 aromatic rings. The number of ether oxygens (including phenoxy) is 1. The van der Waals surface area contributed by atoms with Crippen LogP contribution in [-0.2, 0) is 14.4 Å². The highest BCUT2D eigenvalue weighted by molar-refractivity contribution is 6.14. The number of carbonyl (C=O) groups excluding carboxylic acids is 3. The van der Waals surface area contributed by atoms with Crippen LogP contribution in [0.2, 0.25) is 0 Å². The van der Waals surface area contributed by atoms with Crippen molar-refractivity contribution >= 4 is 23.7 Å². The number of carboxylic acids is 1. The molecule has 3 N–H and O–H groups in total. The van der Waals surface area contributed by atoms with Gasteiger partial charge in [0.15, 0.2) is 11.8 Å². The molecule has 37 heavy (non-hydrogen) atoms. The Morgan fingerprint density at radius 3 is 2.46 bits per heavy atom. The van der Waals surface area contributed by atoms with Gasteiger partial charge < -0.3 is 25.4 Å². The van der Waals surface area contributed by atoms with E-state index in [4.69, 9.17) is 0 Å². The molecule has 196 valence electrons. The Balaban J connectivity index is 1.87. The molecule has 0 saturated heterocycles. The minimum atomic E-state index is -4.87. The van der Waals surface area contributed by atoms with Crippen molar-refractivity contribution in [2.24, 2.45) is 0 Å². The lowest BCUT2D eigenvalue weighted by Crippen LogP contribution is -2.56. The lowest BCUT2D eigenvalue weighted by atomic mass is 9.95. The number of aliphatic carboxylic acids is 1. The van der Waals surface area contributed by atoms with E-state index in [1.165, 1.54) is 36.2 Å². The molecule has 9 nitrogen and oxygen atoms in total. The van der Waals surface area contributed by atoms with Crippen LogP contribution in [0, 0.1) is 6.92 Å². The second-order valence-corrected chi connectivity index (χ2v) is 8.49. The average molecular weight is 519 g/mol. The summed E-state index contributed by atoms with van der Waals surface area (Å²) in [5.74, 6) is -2.93. The van der Waals surface area contributed by atoms with Gasteiger partial charge in [-0.2, -0.15) is 0 Å². The van der Waals surface area contributed by atoms with E-state index in [9.17, 15) is 37.5 Å². The number of hydrogen-bond donors (Lipinski definition) is 3. The number of rotatable bonds is 7. The Morgan fingerprint density at radius 1 is 1.11 bits per heavy atom. The van der Waals surface area contributed by atoms with Crippen molar-refractivity contribution < 1.29 is 42.2 Å². The molecule has 0 aromatic heterocycles. The number of ketones is 1. The second-order valence-electron chi connectivity index (χ2n) is 8.49. The van der Waals surface area contributed by atoms with Gasteiger partial charge in [0.25, 0.3) is 5.91 Å². The molecule has 0 radical (unpaired) electrons. The Hall–Kier alpha value is -4.35. The average Bonchev–Trinajstić information content (AvgIpc) is 2.78. The first-order valence-electron chi connectivity index (χ1n) is 11.0. The fraction of sp³-hybridized carbons (Fsp3) is 0.280. The summed E-state index contributed by atoms with van der Waals surface area (Å²) in [5, 5.41) is 14.2. The van der Waals surface area contributed by atoms with Crippen LogP contribution in [-0.4, -0.2) is 53.1 Å². The molecule has 2 atom stereocenters. The molecular formula is C25H24F3N3O6. The van der Waals surface area contributed by atoms with Gasteiger partial charge in [0.1, 0.15) is 5.75 Å². The number of benzene rings is 2. The van der Waals surface area contributed by atoms with Crippen molar-refractivity contribution in [1.82, 2.24) is 15.5 Å². The predicted octanol–water partition coefficient (Wildman–Crippen LogP) is 3.69. The number of aryl methyl sites for hydroxylation is 1. The highest BCUT2D eigenvalue weighted by atomic mass is 19.4. The fourth-order valence-corrected chi connectivity index (χ4v) is 3.82. The summed E-state index contributed by atoms with van der Waals surface area (Å²) in [7, 11) is 1.45. The molecule has 3 rings (SSSR count). The maximum Gasteiger partial charge on any atom is 0.573 e. The van der Waals surface area contributed by atoms with Crippen LogP contribution in [0.5, 0.6) is 5.75 Å². The lowest BCUT2D eigenvalue weighted by molar-refractivity contribution is -0.274. The van der Waals surface area contributed by atoms with Crippen LogP contribution >= 0.6 is 0 Å². The van der Waals surface area contributed by atoms with Crippen LogP contribution in [0.15, 0.2) is 54.2 Å². The molecule has 2 aromatic carbocycles. The number of carboxylic acid groups (broad SMARTS) is 1. The molecule has 1 heterocycles. The van der Waals surface area contributed by atoms with Gasteiger partial charge in [-0.25, -0.2) is 4.79 Å². The number of alkyl halides is 3. The molecule has 0 aliphatic carbocycles. The van der Waals surface area contributed by atoms with E-state index in [2.05, 4.69) is 15.4 Å². The normalized spacial score (nSPS) is 16.6. The number of nitrogens with one attached hydrogen (secondary N) is 2. The number of carbonyl (C=O) groups is 4. The molecule has 0 saturated carbocycles. The van der Waals surface area contributed by atoms with E-state index in [-0.39, 0.29) is 0 Å². The van der Waals surface area contributed by atoms with E-state index in [1.54, 1.807) is 32.0 Å². The van der Waals surface area contributed by atoms with Gasteiger partial charge in [-0.3, -0.25) is 14.4 Å². The number of likely N-dealkylation sites (N-methyl/N-ethyl adjacent to an activating group) is 1. The molecule has 1 aliphatic heterocycles. The summed E-state index contributed by atoms with van der Waals surface area (Å²) in [6.45, 7) is 3.26. The standard InChI is InChI=1S/C25H24F3N3O6/c1-13-7-16(15-5-4-6-18(11-15)37-25(26,27)28)10-17(8-13)19(12-21(33)34)29-24(36)30-22-20(32)9-14(2)31(3)23(22)35/h4-11,19,22H,12H2,1-3H3,(H,33,34)(H2,29,30,36). The van der Waals surface area contributed by atoms with Crippen molar-refractivity contribution in [1.29, 1.82) is 0 Å². The van der Waals surface area contributed by atoms with Crippen molar-refractivity contribution in [3.63, 3.8) is 0 Å². The summed E-state index contributed by atoms with van der Waals surface area (Å²) in [5.41, 5.74) is 2.24. The van der Waals surface area contributed by atoms with Gasteiger partial charge in [0.2, 0.25) is 0 Å². The Labute approximate surface area is 209 Å². The second kappa shape index (κ2) is 10.7. The number of urea groups is 1. The Morgan fingerprint density at radius 2 is 1.81 bits per heavy atom. The largest absolute Gasteiger partial charge is 0.573 e. The zero-order valence-corrected chi connectivity index (χ0v) is 20.1. The molecule has 0 bridgehead atoms. The van der Waals surface area contributed by atoms with Crippen LogP contribution in [0.1, 0.15) is 30.5 Å². The minimum absolute atomic E-state index is 0.351. The van der Waals surface area contributed by atoms with E-state index in [0.717, 1.165) is 6.07 Å². The Kier molecular flexibility index (Phi) is 7.90. The van der Waals surface area contributed by atoms with E-state index < -0.39 is 54.3 Å². The minimum Gasteiger partial charge on any atom is -0.481 e. The van der Waals surface area contributed by atoms with Crippen molar-refractivity contribution in [2.45, 2.75) is 38.7 Å². The highest BCUT2D eigenvalue weighted by Crippen LogP contribution is 2.31. The molecule has 0 fully saturated rings. The fourth-order valence-electron chi connectivity index (χ4n) is 3.82. The van der Waals surface area contributed by atoms with Gasteiger partial charge in [-0.15, -0.1) is 13.2 Å². The van der Waals surface area contributed by atoms with Gasteiger partial charge in [-0.1, -0.05) is 29.8 Å². The van der Waals surface area contributed by atoms with Gasteiger partial charge >= 0.3 is 18.4 Å². The Bertz CT molecular complexity index is 1270. The van der Waals surface area contributed by atoms with E-state index in [1.807, 2.05) is 0 Å². The number of allylic oxidation sites excluding steroid dienone is 1. The molecule has 3 amide bonds. The zero-order valence-electron chi connectivity index (χ0n) is 20.1. The zero-order chi connectivity index (χ0) is 27.5. The summed E-state index contributed by atoms with van der Waals surface area (Å²) in [6, 6.07) is 6.59. The third-order valence-corrected chi connectivity index (χ3v) is 5.60. The molecular weight excluding hydrogens is 495 g/mol. The highest BCUT2D eigenvalue weighted by Gasteiger charge is 2.35. The summed E-state index contributed by atoms with van der Waals surface area (Å²) in [4.78, 5) is 50.1. The topological polar surface area (TPSA) is 125 Å². The summed E-state index contributed by atoms with van der Waals surface area (Å²) in [6.07, 6.45) is -4.20. The molecule has 12 heteroatoms. The maximum atomic E-state index is 12.7. The summed E-state index contributed by atoms with van der Waals surface area (Å²) < 4.78 is 41.9. The van der Waals surface area contributed by atoms with Gasteiger partial charge in [0, 0.05) is 18.8 Å².